The summed E-state index contributed by atoms with van der Waals surface area (Å²) in [5, 5.41) is 3.35. The van der Waals surface area contributed by atoms with Gasteiger partial charge in [0.25, 0.3) is 0 Å². The maximum atomic E-state index is 11.7. The van der Waals surface area contributed by atoms with Gasteiger partial charge in [0.05, 0.1) is 0 Å². The average Bonchev–Trinajstić information content (AvgIpc) is 2.52. The van der Waals surface area contributed by atoms with Crippen molar-refractivity contribution in [2.75, 3.05) is 13.1 Å². The third kappa shape index (κ3) is 17.7. The van der Waals surface area contributed by atoms with E-state index in [-0.39, 0.29) is 0 Å². The molecule has 0 spiro atoms. The van der Waals surface area contributed by atoms with Gasteiger partial charge in [0.2, 0.25) is 0 Å². The van der Waals surface area contributed by atoms with Crippen LogP contribution in [0.3, 0.4) is 0 Å². The monoisotopic (exact) mass is 311 g/mol. The molecule has 2 nitrogen and oxygen atoms in total. The highest BCUT2D eigenvalue weighted by Crippen LogP contribution is 2.12. The summed E-state index contributed by atoms with van der Waals surface area (Å²) < 4.78 is 0. The van der Waals surface area contributed by atoms with Gasteiger partial charge in [-0.15, -0.1) is 0 Å². The fourth-order valence-electron chi connectivity index (χ4n) is 2.82. The van der Waals surface area contributed by atoms with Crippen molar-refractivity contribution < 1.29 is 4.79 Å². The van der Waals surface area contributed by atoms with E-state index in [0.717, 1.165) is 38.8 Å². The zero-order chi connectivity index (χ0) is 16.3. The molecule has 132 valence electrons. The van der Waals surface area contributed by atoms with Crippen LogP contribution in [0, 0.1) is 0 Å². The third-order valence-corrected chi connectivity index (χ3v) is 4.30. The molecule has 0 rings (SSSR count). The van der Waals surface area contributed by atoms with Crippen LogP contribution in [0.1, 0.15) is 110 Å². The molecule has 0 aromatic carbocycles. The lowest BCUT2D eigenvalue weighted by Gasteiger charge is -2.04. The van der Waals surface area contributed by atoms with Gasteiger partial charge < -0.3 is 5.32 Å². The van der Waals surface area contributed by atoms with E-state index in [1.165, 1.54) is 70.6 Å². The minimum atomic E-state index is 0.467. The number of hydrogen-bond donors (Lipinski definition) is 1. The van der Waals surface area contributed by atoms with Gasteiger partial charge in [-0.2, -0.15) is 0 Å². The van der Waals surface area contributed by atoms with Gasteiger partial charge in [-0.05, 0) is 32.4 Å². The second kappa shape index (κ2) is 18.7. The van der Waals surface area contributed by atoms with Crippen molar-refractivity contribution in [3.05, 3.63) is 0 Å². The minimum absolute atomic E-state index is 0.467. The molecule has 0 bridgehead atoms. The molecule has 0 aromatic heterocycles. The van der Waals surface area contributed by atoms with Crippen molar-refractivity contribution >= 4 is 5.78 Å². The fourth-order valence-corrected chi connectivity index (χ4v) is 2.82. The van der Waals surface area contributed by atoms with Crippen LogP contribution in [0.4, 0.5) is 0 Å². The van der Waals surface area contributed by atoms with Crippen LogP contribution in [0.5, 0.6) is 0 Å². The highest BCUT2D eigenvalue weighted by Gasteiger charge is 2.01. The zero-order valence-electron chi connectivity index (χ0n) is 15.4. The van der Waals surface area contributed by atoms with E-state index >= 15 is 0 Å². The van der Waals surface area contributed by atoms with E-state index in [1.54, 1.807) is 0 Å². The van der Waals surface area contributed by atoms with Crippen LogP contribution in [0.2, 0.25) is 0 Å². The molecule has 0 amide bonds. The van der Waals surface area contributed by atoms with Gasteiger partial charge in [0, 0.05) is 12.8 Å². The molecule has 0 fully saturated rings. The Bertz CT molecular complexity index is 228. The summed E-state index contributed by atoms with van der Waals surface area (Å²) in [6.45, 7) is 6.52. The van der Waals surface area contributed by atoms with Crippen molar-refractivity contribution in [1.82, 2.24) is 5.32 Å². The molecular formula is C20H41NO. The lowest BCUT2D eigenvalue weighted by atomic mass is 10.0. The summed E-state index contributed by atoms with van der Waals surface area (Å²) in [5.41, 5.74) is 0. The van der Waals surface area contributed by atoms with Crippen molar-refractivity contribution in [3.8, 4) is 0 Å². The van der Waals surface area contributed by atoms with Crippen molar-refractivity contribution in [2.45, 2.75) is 110 Å². The fraction of sp³-hybridized carbons (Fsp3) is 0.950. The molecule has 0 heterocycles. The molecule has 22 heavy (non-hydrogen) atoms. The van der Waals surface area contributed by atoms with Crippen molar-refractivity contribution in [2.24, 2.45) is 0 Å². The van der Waals surface area contributed by atoms with Gasteiger partial charge in [0.15, 0.2) is 0 Å². The smallest absolute Gasteiger partial charge is 0.132 e. The standard InChI is InChI=1S/C20H41NO/c1-3-5-6-7-8-9-10-11-12-13-14-16-20(22)17-15-19-21-18-4-2/h21H,3-19H2,1-2H3. The second-order valence-electron chi connectivity index (χ2n) is 6.68. The number of carbonyl (C=O) groups is 1. The molecule has 0 aliphatic carbocycles. The van der Waals surface area contributed by atoms with Crippen LogP contribution >= 0.6 is 0 Å². The van der Waals surface area contributed by atoms with E-state index in [0.29, 0.717) is 5.78 Å². The highest BCUT2D eigenvalue weighted by molar-refractivity contribution is 5.78. The third-order valence-electron chi connectivity index (χ3n) is 4.30. The number of ketones is 1. The topological polar surface area (TPSA) is 29.1 Å². The highest BCUT2D eigenvalue weighted by atomic mass is 16.1. The first kappa shape index (κ1) is 21.6. The van der Waals surface area contributed by atoms with E-state index in [9.17, 15) is 4.79 Å². The molecule has 0 saturated carbocycles. The summed E-state index contributed by atoms with van der Waals surface area (Å²) >= 11 is 0. The molecule has 0 aliphatic heterocycles. The Balaban J connectivity index is 3.10. The normalized spacial score (nSPS) is 11.0. The SMILES string of the molecule is CCCCCCCCCCCCCC(=O)CCCNCCC. The molecule has 0 unspecified atom stereocenters. The van der Waals surface area contributed by atoms with E-state index in [4.69, 9.17) is 0 Å². The first-order valence-electron chi connectivity index (χ1n) is 10.0. The Morgan fingerprint density at radius 1 is 0.591 bits per heavy atom. The lowest BCUT2D eigenvalue weighted by Crippen LogP contribution is -2.16. The Kier molecular flexibility index (Phi) is 18.4. The molecule has 2 heteroatoms. The largest absolute Gasteiger partial charge is 0.317 e. The van der Waals surface area contributed by atoms with Gasteiger partial charge in [-0.25, -0.2) is 0 Å². The Labute approximate surface area is 139 Å². The van der Waals surface area contributed by atoms with Gasteiger partial charge in [-0.3, -0.25) is 4.79 Å². The quantitative estimate of drug-likeness (QED) is 0.313. The van der Waals surface area contributed by atoms with Crippen LogP contribution < -0.4 is 5.32 Å². The zero-order valence-corrected chi connectivity index (χ0v) is 15.4. The van der Waals surface area contributed by atoms with E-state index in [2.05, 4.69) is 19.2 Å². The number of rotatable bonds is 18. The van der Waals surface area contributed by atoms with E-state index in [1.807, 2.05) is 0 Å². The average molecular weight is 312 g/mol. The predicted molar refractivity (Wildman–Crippen MR) is 98.5 cm³/mol. The number of nitrogens with one attached hydrogen (secondary N) is 1. The summed E-state index contributed by atoms with van der Waals surface area (Å²) in [5.74, 6) is 0.467. The van der Waals surface area contributed by atoms with Crippen LogP contribution in [-0.2, 0) is 4.79 Å². The minimum Gasteiger partial charge on any atom is -0.317 e. The Morgan fingerprint density at radius 2 is 1.09 bits per heavy atom. The predicted octanol–water partition coefficient (Wildman–Crippen LogP) is 6.04. The maximum Gasteiger partial charge on any atom is 0.132 e. The Hall–Kier alpha value is -0.370. The van der Waals surface area contributed by atoms with Crippen LogP contribution in [0.15, 0.2) is 0 Å². The second-order valence-corrected chi connectivity index (χ2v) is 6.68. The number of carbonyl (C=O) groups excluding carboxylic acids is 1. The van der Waals surface area contributed by atoms with Crippen LogP contribution in [-0.4, -0.2) is 18.9 Å². The van der Waals surface area contributed by atoms with Gasteiger partial charge in [-0.1, -0.05) is 78.1 Å². The molecule has 0 radical (unpaired) electrons. The first-order chi connectivity index (χ1) is 10.8. The van der Waals surface area contributed by atoms with Crippen LogP contribution in [0.25, 0.3) is 0 Å². The molecule has 0 aliphatic rings. The summed E-state index contributed by atoms with van der Waals surface area (Å²) in [7, 11) is 0. The van der Waals surface area contributed by atoms with Crippen molar-refractivity contribution in [3.63, 3.8) is 0 Å². The molecule has 0 saturated heterocycles. The van der Waals surface area contributed by atoms with Crippen molar-refractivity contribution in [1.29, 1.82) is 0 Å². The summed E-state index contributed by atoms with van der Waals surface area (Å²) in [6.07, 6.45) is 18.6. The Morgan fingerprint density at radius 3 is 1.64 bits per heavy atom. The molecule has 0 aromatic rings. The molecule has 0 atom stereocenters. The number of unbranched alkanes of at least 4 members (excludes halogenated alkanes) is 10. The molecular weight excluding hydrogens is 270 g/mol. The van der Waals surface area contributed by atoms with Gasteiger partial charge in [0.1, 0.15) is 5.78 Å². The lowest BCUT2D eigenvalue weighted by molar-refractivity contribution is -0.119. The maximum absolute atomic E-state index is 11.7. The summed E-state index contributed by atoms with van der Waals surface area (Å²) in [6, 6.07) is 0. The summed E-state index contributed by atoms with van der Waals surface area (Å²) in [4.78, 5) is 11.7. The molecule has 1 N–H and O–H groups in total. The first-order valence-corrected chi connectivity index (χ1v) is 10.0. The number of Topliss-reactive ketones (excluding diaryl/α,β-unsaturated/α-hetero) is 1. The number of hydrogen-bond acceptors (Lipinski definition) is 2. The van der Waals surface area contributed by atoms with E-state index < -0.39 is 0 Å². The van der Waals surface area contributed by atoms with Gasteiger partial charge >= 0.3 is 0 Å².